The molecule has 0 bridgehead atoms. The lowest BCUT2D eigenvalue weighted by molar-refractivity contribution is -0.149. The zero-order valence-corrected chi connectivity index (χ0v) is 10.1. The number of likely N-dealkylation sites (N-methyl/N-ethyl adjacent to an activating group) is 1. The van der Waals surface area contributed by atoms with E-state index in [9.17, 15) is 9.59 Å². The van der Waals surface area contributed by atoms with E-state index in [1.165, 1.54) is 0 Å². The van der Waals surface area contributed by atoms with Crippen LogP contribution in [0.2, 0.25) is 0 Å². The van der Waals surface area contributed by atoms with Gasteiger partial charge in [-0.15, -0.1) is 0 Å². The first-order chi connectivity index (χ1) is 8.03. The maximum atomic E-state index is 12.3. The number of nitrogens with zero attached hydrogens (tertiary/aromatic N) is 2. The molecule has 2 fully saturated rings. The molecule has 2 aliphatic heterocycles. The Balaban J connectivity index is 2.02. The third kappa shape index (κ3) is 2.42. The minimum absolute atomic E-state index is 0.0275. The second kappa shape index (κ2) is 4.62. The highest BCUT2D eigenvalue weighted by atomic mass is 16.5. The van der Waals surface area contributed by atoms with Crippen molar-refractivity contribution in [3.63, 3.8) is 0 Å². The fraction of sp³-hybridized carbons (Fsp3) is 0.818. The summed E-state index contributed by atoms with van der Waals surface area (Å²) >= 11 is 0. The van der Waals surface area contributed by atoms with Crippen molar-refractivity contribution < 1.29 is 14.3 Å². The number of nitrogens with two attached hydrogens (primary N) is 1. The maximum absolute atomic E-state index is 12.3. The molecule has 0 atom stereocenters. The topological polar surface area (TPSA) is 75.9 Å². The Labute approximate surface area is 101 Å². The molecule has 2 N–H and O–H groups in total. The standard InChI is InChI=1S/C11H19N3O3/c1-13-4-5-14(8-9(13)15)10(16)11(12)2-6-17-7-3-11/h2-8,12H2,1H3. The van der Waals surface area contributed by atoms with Crippen molar-refractivity contribution in [3.05, 3.63) is 0 Å². The number of piperazine rings is 1. The lowest BCUT2D eigenvalue weighted by Crippen LogP contribution is -2.62. The minimum Gasteiger partial charge on any atom is -0.381 e. The quantitative estimate of drug-likeness (QED) is 0.625. The molecule has 2 amide bonds. The van der Waals surface area contributed by atoms with Gasteiger partial charge in [-0.25, -0.2) is 0 Å². The van der Waals surface area contributed by atoms with Gasteiger partial charge in [-0.1, -0.05) is 0 Å². The second-order valence-corrected chi connectivity index (χ2v) is 4.81. The molecule has 2 rings (SSSR count). The molecule has 0 spiro atoms. The second-order valence-electron chi connectivity index (χ2n) is 4.81. The van der Waals surface area contributed by atoms with Gasteiger partial charge >= 0.3 is 0 Å². The van der Waals surface area contributed by atoms with Crippen molar-refractivity contribution in [2.24, 2.45) is 5.73 Å². The van der Waals surface area contributed by atoms with Crippen molar-refractivity contribution in [2.45, 2.75) is 18.4 Å². The monoisotopic (exact) mass is 241 g/mol. The SMILES string of the molecule is CN1CCN(C(=O)C2(N)CCOCC2)CC1=O. The average Bonchev–Trinajstić information content (AvgIpc) is 2.33. The summed E-state index contributed by atoms with van der Waals surface area (Å²) in [5, 5.41) is 0. The summed E-state index contributed by atoms with van der Waals surface area (Å²) in [6.07, 6.45) is 1.07. The smallest absolute Gasteiger partial charge is 0.243 e. The lowest BCUT2D eigenvalue weighted by Gasteiger charge is -2.39. The Morgan fingerprint density at radius 2 is 2.00 bits per heavy atom. The van der Waals surface area contributed by atoms with Gasteiger partial charge in [0.2, 0.25) is 11.8 Å². The fourth-order valence-corrected chi connectivity index (χ4v) is 2.20. The summed E-state index contributed by atoms with van der Waals surface area (Å²) in [5.41, 5.74) is 5.28. The van der Waals surface area contributed by atoms with Crippen LogP contribution in [0.3, 0.4) is 0 Å². The number of rotatable bonds is 1. The van der Waals surface area contributed by atoms with Crippen molar-refractivity contribution in [3.8, 4) is 0 Å². The molecule has 2 saturated heterocycles. The summed E-state index contributed by atoms with van der Waals surface area (Å²) in [6.45, 7) is 2.33. The predicted octanol–water partition coefficient (Wildman–Crippen LogP) is -1.21. The summed E-state index contributed by atoms with van der Waals surface area (Å²) < 4.78 is 5.21. The molecular weight excluding hydrogens is 222 g/mol. The minimum atomic E-state index is -0.839. The first-order valence-electron chi connectivity index (χ1n) is 5.93. The highest BCUT2D eigenvalue weighted by molar-refractivity contribution is 5.91. The van der Waals surface area contributed by atoms with Crippen LogP contribution in [0.25, 0.3) is 0 Å². The Morgan fingerprint density at radius 1 is 1.35 bits per heavy atom. The molecule has 96 valence electrons. The van der Waals surface area contributed by atoms with E-state index in [2.05, 4.69) is 0 Å². The lowest BCUT2D eigenvalue weighted by atomic mass is 9.89. The van der Waals surface area contributed by atoms with Gasteiger partial charge in [0.15, 0.2) is 0 Å². The van der Waals surface area contributed by atoms with Gasteiger partial charge in [0.05, 0.1) is 12.1 Å². The van der Waals surface area contributed by atoms with Crippen molar-refractivity contribution in [2.75, 3.05) is 39.9 Å². The van der Waals surface area contributed by atoms with Crippen LogP contribution in [0.4, 0.5) is 0 Å². The van der Waals surface area contributed by atoms with E-state index in [-0.39, 0.29) is 18.4 Å². The van der Waals surface area contributed by atoms with Crippen LogP contribution in [-0.2, 0) is 14.3 Å². The van der Waals surface area contributed by atoms with Gasteiger partial charge in [-0.05, 0) is 12.8 Å². The average molecular weight is 241 g/mol. The number of amides is 2. The molecule has 0 saturated carbocycles. The van der Waals surface area contributed by atoms with Crippen molar-refractivity contribution >= 4 is 11.8 Å². The Kier molecular flexibility index (Phi) is 3.35. The molecule has 6 heteroatoms. The van der Waals surface area contributed by atoms with Crippen LogP contribution >= 0.6 is 0 Å². The highest BCUT2D eigenvalue weighted by Gasteiger charge is 2.40. The van der Waals surface area contributed by atoms with Crippen molar-refractivity contribution in [1.29, 1.82) is 0 Å². The number of carbonyl (C=O) groups is 2. The molecule has 2 heterocycles. The summed E-state index contributed by atoms with van der Waals surface area (Å²) in [6, 6.07) is 0. The van der Waals surface area contributed by atoms with E-state index >= 15 is 0 Å². The van der Waals surface area contributed by atoms with Gasteiger partial charge in [-0.3, -0.25) is 9.59 Å². The zero-order valence-electron chi connectivity index (χ0n) is 10.1. The first kappa shape index (κ1) is 12.3. The van der Waals surface area contributed by atoms with Crippen molar-refractivity contribution in [1.82, 2.24) is 9.80 Å². The van der Waals surface area contributed by atoms with E-state index in [4.69, 9.17) is 10.5 Å². The third-order valence-corrected chi connectivity index (χ3v) is 3.56. The Morgan fingerprint density at radius 3 is 2.59 bits per heavy atom. The number of hydrogen-bond donors (Lipinski definition) is 1. The molecule has 17 heavy (non-hydrogen) atoms. The predicted molar refractivity (Wildman–Crippen MR) is 61.2 cm³/mol. The Bertz CT molecular complexity index is 326. The van der Waals surface area contributed by atoms with Crippen LogP contribution in [0.15, 0.2) is 0 Å². The summed E-state index contributed by atoms with van der Waals surface area (Å²) in [5.74, 6) is -0.137. The van der Waals surface area contributed by atoms with E-state index in [0.29, 0.717) is 39.1 Å². The van der Waals surface area contributed by atoms with Gasteiger partial charge in [0.1, 0.15) is 0 Å². The molecule has 0 aromatic heterocycles. The van der Waals surface area contributed by atoms with Crippen LogP contribution in [0, 0.1) is 0 Å². The molecule has 0 aliphatic carbocycles. The molecule has 0 aromatic rings. The molecular formula is C11H19N3O3. The van der Waals surface area contributed by atoms with E-state index < -0.39 is 5.54 Å². The highest BCUT2D eigenvalue weighted by Crippen LogP contribution is 2.21. The number of ether oxygens (including phenoxy) is 1. The largest absolute Gasteiger partial charge is 0.381 e. The number of carbonyl (C=O) groups excluding carboxylic acids is 2. The van der Waals surface area contributed by atoms with Gasteiger partial charge in [0.25, 0.3) is 0 Å². The van der Waals surface area contributed by atoms with E-state index in [1.807, 2.05) is 0 Å². The molecule has 2 aliphatic rings. The van der Waals surface area contributed by atoms with Gasteiger partial charge in [-0.2, -0.15) is 0 Å². The first-order valence-corrected chi connectivity index (χ1v) is 5.93. The van der Waals surface area contributed by atoms with E-state index in [0.717, 1.165) is 0 Å². The van der Waals surface area contributed by atoms with Crippen LogP contribution in [-0.4, -0.2) is 67.0 Å². The van der Waals surface area contributed by atoms with Gasteiger partial charge in [0, 0.05) is 33.4 Å². The van der Waals surface area contributed by atoms with Crippen LogP contribution in [0.1, 0.15) is 12.8 Å². The molecule has 0 unspecified atom stereocenters. The Hall–Kier alpha value is -1.14. The fourth-order valence-electron chi connectivity index (χ4n) is 2.20. The summed E-state index contributed by atoms with van der Waals surface area (Å²) in [7, 11) is 1.75. The van der Waals surface area contributed by atoms with Gasteiger partial charge < -0.3 is 20.3 Å². The molecule has 6 nitrogen and oxygen atoms in total. The van der Waals surface area contributed by atoms with Crippen LogP contribution in [0.5, 0.6) is 0 Å². The molecule has 0 radical (unpaired) electrons. The summed E-state index contributed by atoms with van der Waals surface area (Å²) in [4.78, 5) is 27.1. The normalized spacial score (nSPS) is 24.9. The maximum Gasteiger partial charge on any atom is 0.243 e. The van der Waals surface area contributed by atoms with E-state index in [1.54, 1.807) is 16.8 Å². The molecule has 0 aromatic carbocycles. The third-order valence-electron chi connectivity index (χ3n) is 3.56. The van der Waals surface area contributed by atoms with Crippen LogP contribution < -0.4 is 5.73 Å². The number of hydrogen-bond acceptors (Lipinski definition) is 4. The zero-order chi connectivity index (χ0) is 12.5.